The molecule has 0 spiro atoms. The lowest BCUT2D eigenvalue weighted by Gasteiger charge is -2.27. The van der Waals surface area contributed by atoms with Crippen molar-refractivity contribution in [3.63, 3.8) is 0 Å². The van der Waals surface area contributed by atoms with E-state index >= 15 is 0 Å². The normalized spacial score (nSPS) is 19.9. The van der Waals surface area contributed by atoms with E-state index < -0.39 is 17.6 Å². The third-order valence-corrected chi connectivity index (χ3v) is 3.52. The van der Waals surface area contributed by atoms with E-state index in [0.29, 0.717) is 0 Å². The zero-order valence-corrected chi connectivity index (χ0v) is 10.5. The van der Waals surface area contributed by atoms with E-state index in [0.717, 1.165) is 12.8 Å². The van der Waals surface area contributed by atoms with Gasteiger partial charge >= 0.3 is 5.97 Å². The SMILES string of the molecule is CC(C(=O)NC(C)(C(=O)O)C1CC1)n1cccn1. The Morgan fingerprint density at radius 2 is 2.22 bits per heavy atom. The highest BCUT2D eigenvalue weighted by atomic mass is 16.4. The van der Waals surface area contributed by atoms with Crippen molar-refractivity contribution in [1.82, 2.24) is 15.1 Å². The minimum atomic E-state index is -1.17. The van der Waals surface area contributed by atoms with Gasteiger partial charge in [0.15, 0.2) is 0 Å². The summed E-state index contributed by atoms with van der Waals surface area (Å²) >= 11 is 0. The molecule has 0 aliphatic heterocycles. The van der Waals surface area contributed by atoms with Crippen LogP contribution in [0.5, 0.6) is 0 Å². The maximum atomic E-state index is 12.1. The summed E-state index contributed by atoms with van der Waals surface area (Å²) in [5.74, 6) is -1.27. The van der Waals surface area contributed by atoms with Crippen LogP contribution in [0.3, 0.4) is 0 Å². The van der Waals surface area contributed by atoms with E-state index in [1.807, 2.05) is 0 Å². The molecule has 0 aromatic carbocycles. The van der Waals surface area contributed by atoms with E-state index in [2.05, 4.69) is 10.4 Å². The van der Waals surface area contributed by atoms with Crippen LogP contribution < -0.4 is 5.32 Å². The molecule has 1 aromatic heterocycles. The molecule has 0 radical (unpaired) electrons. The van der Waals surface area contributed by atoms with Gasteiger partial charge < -0.3 is 10.4 Å². The molecular weight excluding hydrogens is 234 g/mol. The molecule has 1 heterocycles. The predicted octanol–water partition coefficient (Wildman–Crippen LogP) is 0.814. The van der Waals surface area contributed by atoms with Crippen LogP contribution in [0.25, 0.3) is 0 Å². The highest BCUT2D eigenvalue weighted by Crippen LogP contribution is 2.39. The maximum absolute atomic E-state index is 12.1. The number of hydrogen-bond acceptors (Lipinski definition) is 3. The smallest absolute Gasteiger partial charge is 0.329 e. The monoisotopic (exact) mass is 251 g/mol. The fourth-order valence-corrected chi connectivity index (χ4v) is 1.98. The third kappa shape index (κ3) is 2.23. The van der Waals surface area contributed by atoms with Crippen molar-refractivity contribution in [3.05, 3.63) is 18.5 Å². The second kappa shape index (κ2) is 4.44. The summed E-state index contributed by atoms with van der Waals surface area (Å²) in [7, 11) is 0. The van der Waals surface area contributed by atoms with Crippen molar-refractivity contribution in [2.24, 2.45) is 5.92 Å². The van der Waals surface area contributed by atoms with Gasteiger partial charge in [-0.1, -0.05) is 0 Å². The molecule has 2 N–H and O–H groups in total. The molecule has 18 heavy (non-hydrogen) atoms. The van der Waals surface area contributed by atoms with Crippen LogP contribution in [-0.2, 0) is 9.59 Å². The Morgan fingerprint density at radius 3 is 2.67 bits per heavy atom. The molecule has 0 saturated heterocycles. The summed E-state index contributed by atoms with van der Waals surface area (Å²) in [5.41, 5.74) is -1.17. The molecule has 1 aliphatic rings. The fraction of sp³-hybridized carbons (Fsp3) is 0.583. The largest absolute Gasteiger partial charge is 0.480 e. The van der Waals surface area contributed by atoms with Gasteiger partial charge in [-0.25, -0.2) is 4.79 Å². The van der Waals surface area contributed by atoms with Crippen LogP contribution in [0.15, 0.2) is 18.5 Å². The summed E-state index contributed by atoms with van der Waals surface area (Å²) < 4.78 is 1.50. The lowest BCUT2D eigenvalue weighted by molar-refractivity contribution is -0.148. The first-order valence-electron chi connectivity index (χ1n) is 5.99. The molecule has 1 aliphatic carbocycles. The number of hydrogen-bond donors (Lipinski definition) is 2. The van der Waals surface area contributed by atoms with E-state index in [-0.39, 0.29) is 11.8 Å². The Bertz CT molecular complexity index is 453. The van der Waals surface area contributed by atoms with Crippen molar-refractivity contribution in [2.45, 2.75) is 38.3 Å². The Kier molecular flexibility index (Phi) is 3.11. The molecule has 1 fully saturated rings. The van der Waals surface area contributed by atoms with Crippen molar-refractivity contribution >= 4 is 11.9 Å². The van der Waals surface area contributed by atoms with Gasteiger partial charge in [-0.15, -0.1) is 0 Å². The highest BCUT2D eigenvalue weighted by Gasteiger charge is 2.49. The summed E-state index contributed by atoms with van der Waals surface area (Å²) in [6, 6.07) is 1.21. The topological polar surface area (TPSA) is 84.2 Å². The fourth-order valence-electron chi connectivity index (χ4n) is 1.98. The zero-order valence-electron chi connectivity index (χ0n) is 10.5. The molecular formula is C12H17N3O3. The second-order valence-corrected chi connectivity index (χ2v) is 4.93. The number of amides is 1. The van der Waals surface area contributed by atoms with Crippen molar-refractivity contribution in [1.29, 1.82) is 0 Å². The molecule has 6 nitrogen and oxygen atoms in total. The van der Waals surface area contributed by atoms with Gasteiger partial charge in [-0.3, -0.25) is 9.48 Å². The van der Waals surface area contributed by atoms with Crippen molar-refractivity contribution < 1.29 is 14.7 Å². The molecule has 98 valence electrons. The summed E-state index contributed by atoms with van der Waals surface area (Å²) in [6.45, 7) is 3.26. The Morgan fingerprint density at radius 1 is 1.56 bits per heavy atom. The number of carbonyl (C=O) groups is 2. The van der Waals surface area contributed by atoms with Gasteiger partial charge in [-0.05, 0) is 38.7 Å². The lowest BCUT2D eigenvalue weighted by atomic mass is 9.95. The quantitative estimate of drug-likeness (QED) is 0.811. The molecule has 1 saturated carbocycles. The molecule has 6 heteroatoms. The molecule has 2 rings (SSSR count). The van der Waals surface area contributed by atoms with E-state index in [1.165, 1.54) is 4.68 Å². The molecule has 1 amide bonds. The maximum Gasteiger partial charge on any atom is 0.329 e. The van der Waals surface area contributed by atoms with Crippen LogP contribution in [0.4, 0.5) is 0 Å². The first-order chi connectivity index (χ1) is 8.45. The first-order valence-corrected chi connectivity index (χ1v) is 5.99. The third-order valence-electron chi connectivity index (χ3n) is 3.52. The van der Waals surface area contributed by atoms with Gasteiger partial charge in [0.25, 0.3) is 0 Å². The van der Waals surface area contributed by atoms with Crippen LogP contribution in [0, 0.1) is 5.92 Å². The standard InChI is InChI=1S/C12H17N3O3/c1-8(15-7-3-6-13-15)10(16)14-12(2,11(17)18)9-4-5-9/h3,6-9H,4-5H2,1-2H3,(H,14,16)(H,17,18). The minimum absolute atomic E-state index is 0.0313. The van der Waals surface area contributed by atoms with Crippen LogP contribution in [0.2, 0.25) is 0 Å². The first kappa shape index (κ1) is 12.6. The number of nitrogens with zero attached hydrogens (tertiary/aromatic N) is 2. The highest BCUT2D eigenvalue weighted by molar-refractivity contribution is 5.88. The van der Waals surface area contributed by atoms with Gasteiger partial charge in [0.2, 0.25) is 5.91 Å². The van der Waals surface area contributed by atoms with Crippen LogP contribution >= 0.6 is 0 Å². The number of carboxylic acid groups (broad SMARTS) is 1. The van der Waals surface area contributed by atoms with Gasteiger partial charge in [0.1, 0.15) is 11.6 Å². The number of rotatable bonds is 5. The Hall–Kier alpha value is -1.85. The second-order valence-electron chi connectivity index (χ2n) is 4.93. The average Bonchev–Trinajstić information content (AvgIpc) is 3.04. The van der Waals surface area contributed by atoms with Gasteiger partial charge in [0.05, 0.1) is 0 Å². The van der Waals surface area contributed by atoms with Gasteiger partial charge in [-0.2, -0.15) is 5.10 Å². The van der Waals surface area contributed by atoms with E-state index in [4.69, 9.17) is 0 Å². The Labute approximate surface area is 105 Å². The molecule has 1 aromatic rings. The summed E-state index contributed by atoms with van der Waals surface area (Å²) in [4.78, 5) is 23.4. The number of aliphatic carboxylic acids is 1. The minimum Gasteiger partial charge on any atom is -0.480 e. The summed E-state index contributed by atoms with van der Waals surface area (Å²) in [5, 5.41) is 15.9. The van der Waals surface area contributed by atoms with E-state index in [1.54, 1.807) is 32.3 Å². The zero-order chi connectivity index (χ0) is 13.3. The van der Waals surface area contributed by atoms with Gasteiger partial charge in [0, 0.05) is 12.4 Å². The van der Waals surface area contributed by atoms with Crippen molar-refractivity contribution in [2.75, 3.05) is 0 Å². The molecule has 2 unspecified atom stereocenters. The number of aromatic nitrogens is 2. The number of carbonyl (C=O) groups excluding carboxylic acids is 1. The molecule has 0 bridgehead atoms. The predicted molar refractivity (Wildman–Crippen MR) is 63.8 cm³/mol. The molecule has 2 atom stereocenters. The number of carboxylic acids is 1. The Balaban J connectivity index is 2.08. The average molecular weight is 251 g/mol. The van der Waals surface area contributed by atoms with E-state index in [9.17, 15) is 14.7 Å². The summed E-state index contributed by atoms with van der Waals surface area (Å²) in [6.07, 6.45) is 4.96. The number of nitrogens with one attached hydrogen (secondary N) is 1. The van der Waals surface area contributed by atoms with Crippen LogP contribution in [-0.4, -0.2) is 32.3 Å². The van der Waals surface area contributed by atoms with Crippen LogP contribution in [0.1, 0.15) is 32.7 Å². The lowest BCUT2D eigenvalue weighted by Crippen LogP contribution is -2.55. The van der Waals surface area contributed by atoms with Crippen molar-refractivity contribution in [3.8, 4) is 0 Å².